The molecule has 6 nitrogen and oxygen atoms in total. The van der Waals surface area contributed by atoms with E-state index < -0.39 is 11.9 Å². The molecule has 110 valence electrons. The number of hydrogen-bond donors (Lipinski definition) is 2. The Morgan fingerprint density at radius 2 is 2.05 bits per heavy atom. The summed E-state index contributed by atoms with van der Waals surface area (Å²) in [5.41, 5.74) is 1.51. The molecule has 1 heterocycles. The fraction of sp³-hybridized carbons (Fsp3) is 0.267. The second kappa shape index (κ2) is 6.69. The van der Waals surface area contributed by atoms with Crippen molar-refractivity contribution in [2.75, 3.05) is 6.54 Å². The summed E-state index contributed by atoms with van der Waals surface area (Å²) >= 11 is 0. The molecule has 0 spiro atoms. The molecular weight excluding hydrogens is 270 g/mol. The molecule has 0 bridgehead atoms. The SMILES string of the molecule is CC(CNC(=O)c1cnn(Cc2ccccc2)c1)C(=O)O. The molecule has 1 unspecified atom stereocenters. The van der Waals surface area contributed by atoms with Crippen LogP contribution in [0.1, 0.15) is 22.8 Å². The Morgan fingerprint density at radius 3 is 2.71 bits per heavy atom. The van der Waals surface area contributed by atoms with E-state index in [-0.39, 0.29) is 12.5 Å². The summed E-state index contributed by atoms with van der Waals surface area (Å²) in [6.07, 6.45) is 3.12. The molecule has 2 rings (SSSR count). The Labute approximate surface area is 122 Å². The first kappa shape index (κ1) is 14.8. The summed E-state index contributed by atoms with van der Waals surface area (Å²) in [7, 11) is 0. The first-order valence-corrected chi connectivity index (χ1v) is 6.63. The van der Waals surface area contributed by atoms with E-state index in [9.17, 15) is 9.59 Å². The van der Waals surface area contributed by atoms with Gasteiger partial charge in [-0.2, -0.15) is 5.10 Å². The van der Waals surface area contributed by atoms with E-state index in [4.69, 9.17) is 5.11 Å². The van der Waals surface area contributed by atoms with Crippen molar-refractivity contribution >= 4 is 11.9 Å². The number of carbonyl (C=O) groups is 2. The molecule has 1 atom stereocenters. The van der Waals surface area contributed by atoms with Gasteiger partial charge in [-0.1, -0.05) is 37.3 Å². The van der Waals surface area contributed by atoms with Gasteiger partial charge in [-0.15, -0.1) is 0 Å². The van der Waals surface area contributed by atoms with Crippen molar-refractivity contribution < 1.29 is 14.7 Å². The molecule has 0 aliphatic rings. The van der Waals surface area contributed by atoms with Crippen LogP contribution in [0, 0.1) is 5.92 Å². The number of aliphatic carboxylic acids is 1. The maximum Gasteiger partial charge on any atom is 0.308 e. The number of hydrogen-bond acceptors (Lipinski definition) is 3. The number of carboxylic acid groups (broad SMARTS) is 1. The maximum atomic E-state index is 11.9. The highest BCUT2D eigenvalue weighted by molar-refractivity contribution is 5.93. The zero-order valence-electron chi connectivity index (χ0n) is 11.7. The minimum absolute atomic E-state index is 0.0953. The number of carbonyl (C=O) groups excluding carboxylic acids is 1. The number of rotatable bonds is 6. The van der Waals surface area contributed by atoms with Crippen molar-refractivity contribution in [1.82, 2.24) is 15.1 Å². The molecule has 1 amide bonds. The summed E-state index contributed by atoms with van der Waals surface area (Å²) in [4.78, 5) is 22.6. The van der Waals surface area contributed by atoms with E-state index in [0.29, 0.717) is 12.1 Å². The molecule has 21 heavy (non-hydrogen) atoms. The zero-order chi connectivity index (χ0) is 15.2. The smallest absolute Gasteiger partial charge is 0.308 e. The summed E-state index contributed by atoms with van der Waals surface area (Å²) < 4.78 is 1.67. The Kier molecular flexibility index (Phi) is 4.71. The van der Waals surface area contributed by atoms with Gasteiger partial charge in [0.1, 0.15) is 0 Å². The van der Waals surface area contributed by atoms with Gasteiger partial charge in [-0.3, -0.25) is 14.3 Å². The largest absolute Gasteiger partial charge is 0.481 e. The normalized spacial score (nSPS) is 11.9. The van der Waals surface area contributed by atoms with Crippen LogP contribution in [0.5, 0.6) is 0 Å². The van der Waals surface area contributed by atoms with E-state index in [1.54, 1.807) is 17.8 Å². The van der Waals surface area contributed by atoms with Crippen LogP contribution in [0.25, 0.3) is 0 Å². The first-order valence-electron chi connectivity index (χ1n) is 6.63. The molecular formula is C15H17N3O3. The van der Waals surface area contributed by atoms with Crippen molar-refractivity contribution in [3.63, 3.8) is 0 Å². The minimum Gasteiger partial charge on any atom is -0.481 e. The number of aromatic nitrogens is 2. The lowest BCUT2D eigenvalue weighted by Gasteiger charge is -2.06. The van der Waals surface area contributed by atoms with Gasteiger partial charge < -0.3 is 10.4 Å². The Bertz CT molecular complexity index is 622. The van der Waals surface area contributed by atoms with Crippen LogP contribution in [0.3, 0.4) is 0 Å². The van der Waals surface area contributed by atoms with Gasteiger partial charge in [0.25, 0.3) is 5.91 Å². The van der Waals surface area contributed by atoms with Crippen molar-refractivity contribution in [1.29, 1.82) is 0 Å². The topological polar surface area (TPSA) is 84.2 Å². The molecule has 1 aromatic carbocycles. The van der Waals surface area contributed by atoms with Crippen LogP contribution < -0.4 is 5.32 Å². The van der Waals surface area contributed by atoms with Gasteiger partial charge in [-0.25, -0.2) is 0 Å². The molecule has 0 aliphatic carbocycles. The van der Waals surface area contributed by atoms with E-state index >= 15 is 0 Å². The maximum absolute atomic E-state index is 11.9. The molecule has 0 aliphatic heterocycles. The Balaban J connectivity index is 1.93. The summed E-state index contributed by atoms with van der Waals surface area (Å²) in [6.45, 7) is 2.22. The second-order valence-electron chi connectivity index (χ2n) is 4.86. The van der Waals surface area contributed by atoms with Gasteiger partial charge in [0, 0.05) is 12.7 Å². The quantitative estimate of drug-likeness (QED) is 0.840. The molecule has 6 heteroatoms. The highest BCUT2D eigenvalue weighted by Gasteiger charge is 2.14. The lowest BCUT2D eigenvalue weighted by Crippen LogP contribution is -2.31. The van der Waals surface area contributed by atoms with Crippen LogP contribution in [0.15, 0.2) is 42.7 Å². The number of amides is 1. The molecule has 0 saturated heterocycles. The number of benzene rings is 1. The zero-order valence-corrected chi connectivity index (χ0v) is 11.7. The molecule has 0 radical (unpaired) electrons. The Morgan fingerprint density at radius 1 is 1.33 bits per heavy atom. The van der Waals surface area contributed by atoms with E-state index in [1.807, 2.05) is 30.3 Å². The fourth-order valence-electron chi connectivity index (χ4n) is 1.77. The standard InChI is InChI=1S/C15H17N3O3/c1-11(15(20)21)7-16-14(19)13-8-17-18(10-13)9-12-5-3-2-4-6-12/h2-6,8,10-11H,7,9H2,1H3,(H,16,19)(H,20,21). The summed E-state index contributed by atoms with van der Waals surface area (Å²) in [6, 6.07) is 9.79. The van der Waals surface area contributed by atoms with Gasteiger partial charge in [0.15, 0.2) is 0 Å². The third-order valence-electron chi connectivity index (χ3n) is 3.07. The van der Waals surface area contributed by atoms with Gasteiger partial charge in [0.05, 0.1) is 24.2 Å². The van der Waals surface area contributed by atoms with Crippen LogP contribution >= 0.6 is 0 Å². The van der Waals surface area contributed by atoms with Crippen LogP contribution in [-0.2, 0) is 11.3 Å². The Hall–Kier alpha value is -2.63. The molecule has 2 aromatic rings. The lowest BCUT2D eigenvalue weighted by atomic mass is 10.2. The number of carboxylic acids is 1. The molecule has 0 fully saturated rings. The number of nitrogens with zero attached hydrogens (tertiary/aromatic N) is 2. The van der Waals surface area contributed by atoms with Gasteiger partial charge in [-0.05, 0) is 5.56 Å². The summed E-state index contributed by atoms with van der Waals surface area (Å²) in [5, 5.41) is 15.5. The van der Waals surface area contributed by atoms with Crippen LogP contribution in [-0.4, -0.2) is 33.3 Å². The third-order valence-corrected chi connectivity index (χ3v) is 3.07. The average molecular weight is 287 g/mol. The number of nitrogens with one attached hydrogen (secondary N) is 1. The van der Waals surface area contributed by atoms with Crippen LogP contribution in [0.2, 0.25) is 0 Å². The molecule has 1 aromatic heterocycles. The first-order chi connectivity index (χ1) is 10.1. The second-order valence-corrected chi connectivity index (χ2v) is 4.86. The predicted octanol–water partition coefficient (Wildman–Crippen LogP) is 1.38. The monoisotopic (exact) mass is 287 g/mol. The molecule has 2 N–H and O–H groups in total. The summed E-state index contributed by atoms with van der Waals surface area (Å²) in [5.74, 6) is -1.87. The van der Waals surface area contributed by atoms with Gasteiger partial charge >= 0.3 is 5.97 Å². The van der Waals surface area contributed by atoms with Crippen molar-refractivity contribution in [2.24, 2.45) is 5.92 Å². The van der Waals surface area contributed by atoms with E-state index in [2.05, 4.69) is 10.4 Å². The van der Waals surface area contributed by atoms with Crippen molar-refractivity contribution in [2.45, 2.75) is 13.5 Å². The van der Waals surface area contributed by atoms with Gasteiger partial charge in [0.2, 0.25) is 0 Å². The van der Waals surface area contributed by atoms with Crippen LogP contribution in [0.4, 0.5) is 0 Å². The van der Waals surface area contributed by atoms with E-state index in [1.165, 1.54) is 6.20 Å². The third kappa shape index (κ3) is 4.17. The fourth-order valence-corrected chi connectivity index (χ4v) is 1.77. The lowest BCUT2D eigenvalue weighted by molar-refractivity contribution is -0.140. The minimum atomic E-state index is -0.935. The van der Waals surface area contributed by atoms with Crippen molar-refractivity contribution in [3.8, 4) is 0 Å². The predicted molar refractivity (Wildman–Crippen MR) is 76.9 cm³/mol. The highest BCUT2D eigenvalue weighted by Crippen LogP contribution is 2.04. The molecule has 0 saturated carbocycles. The van der Waals surface area contributed by atoms with Crippen molar-refractivity contribution in [3.05, 3.63) is 53.9 Å². The van der Waals surface area contributed by atoms with E-state index in [0.717, 1.165) is 5.56 Å². The highest BCUT2D eigenvalue weighted by atomic mass is 16.4. The average Bonchev–Trinajstić information content (AvgIpc) is 2.94.